The number of sulfonamides is 1. The molecular weight excluding hydrogens is 322 g/mol. The number of hydrogen-bond acceptors (Lipinski definition) is 4. The fourth-order valence-electron chi connectivity index (χ4n) is 3.53. The van der Waals surface area contributed by atoms with E-state index in [4.69, 9.17) is 0 Å². The maximum atomic E-state index is 11.9. The van der Waals surface area contributed by atoms with Gasteiger partial charge in [-0.25, -0.2) is 12.7 Å². The molecule has 0 bridgehead atoms. The SMILES string of the molecule is CC.CCS(=O)(=O)N1CCC(CCN2CCN(C(C)C)CC2)CC1. The van der Waals surface area contributed by atoms with Crippen molar-refractivity contribution < 1.29 is 8.42 Å². The molecule has 6 heteroatoms. The summed E-state index contributed by atoms with van der Waals surface area (Å²) in [6.07, 6.45) is 3.29. The van der Waals surface area contributed by atoms with E-state index in [1.807, 2.05) is 13.8 Å². The van der Waals surface area contributed by atoms with Crippen LogP contribution in [0.2, 0.25) is 0 Å². The molecule has 0 N–H and O–H groups in total. The molecule has 0 aliphatic carbocycles. The standard InChI is InChI=1S/C16H33N3O2S.C2H6/c1-4-22(20,21)19-9-6-16(7-10-19)5-8-17-11-13-18(14-12-17)15(2)3;1-2/h15-16H,4-14H2,1-3H3;1-2H3. The maximum Gasteiger partial charge on any atom is 0.213 e. The number of rotatable bonds is 6. The smallest absolute Gasteiger partial charge is 0.213 e. The Morgan fingerprint density at radius 1 is 0.958 bits per heavy atom. The highest BCUT2D eigenvalue weighted by Gasteiger charge is 2.27. The molecule has 2 saturated heterocycles. The quantitative estimate of drug-likeness (QED) is 0.729. The van der Waals surface area contributed by atoms with Gasteiger partial charge in [-0.1, -0.05) is 13.8 Å². The van der Waals surface area contributed by atoms with Gasteiger partial charge in [0.15, 0.2) is 0 Å². The van der Waals surface area contributed by atoms with Gasteiger partial charge in [0.25, 0.3) is 0 Å². The predicted molar refractivity (Wildman–Crippen MR) is 103 cm³/mol. The molecule has 2 heterocycles. The molecule has 24 heavy (non-hydrogen) atoms. The third kappa shape index (κ3) is 6.62. The average molecular weight is 362 g/mol. The van der Waals surface area contributed by atoms with E-state index in [1.54, 1.807) is 11.2 Å². The zero-order chi connectivity index (χ0) is 18.2. The van der Waals surface area contributed by atoms with Gasteiger partial charge in [-0.2, -0.15) is 0 Å². The summed E-state index contributed by atoms with van der Waals surface area (Å²) in [5.41, 5.74) is 0. The number of hydrogen-bond donors (Lipinski definition) is 0. The highest BCUT2D eigenvalue weighted by molar-refractivity contribution is 7.89. The van der Waals surface area contributed by atoms with E-state index in [0.717, 1.165) is 25.9 Å². The lowest BCUT2D eigenvalue weighted by atomic mass is 9.94. The number of nitrogens with zero attached hydrogens (tertiary/aromatic N) is 3. The van der Waals surface area contributed by atoms with Crippen molar-refractivity contribution in [2.24, 2.45) is 5.92 Å². The van der Waals surface area contributed by atoms with Crippen molar-refractivity contribution in [3.05, 3.63) is 0 Å². The third-order valence-electron chi connectivity index (χ3n) is 5.32. The third-order valence-corrected chi connectivity index (χ3v) is 7.20. The van der Waals surface area contributed by atoms with Crippen LogP contribution in [0.1, 0.15) is 53.9 Å². The highest BCUT2D eigenvalue weighted by atomic mass is 32.2. The molecule has 5 nitrogen and oxygen atoms in total. The van der Waals surface area contributed by atoms with Crippen LogP contribution in [0.15, 0.2) is 0 Å². The Bertz CT molecular complexity index is 424. The Morgan fingerprint density at radius 3 is 1.96 bits per heavy atom. The summed E-state index contributed by atoms with van der Waals surface area (Å²) in [6, 6.07) is 0.659. The van der Waals surface area contributed by atoms with Crippen LogP contribution in [0, 0.1) is 5.92 Å². The van der Waals surface area contributed by atoms with Gasteiger partial charge in [-0.15, -0.1) is 0 Å². The van der Waals surface area contributed by atoms with Crippen LogP contribution in [0.5, 0.6) is 0 Å². The van der Waals surface area contributed by atoms with Gasteiger partial charge >= 0.3 is 0 Å². The first-order valence-corrected chi connectivity index (χ1v) is 11.5. The van der Waals surface area contributed by atoms with E-state index in [2.05, 4.69) is 23.6 Å². The molecule has 0 aromatic rings. The largest absolute Gasteiger partial charge is 0.301 e. The summed E-state index contributed by atoms with van der Waals surface area (Å²) in [5.74, 6) is 0.934. The molecule has 2 fully saturated rings. The van der Waals surface area contributed by atoms with Crippen LogP contribution in [-0.2, 0) is 10.0 Å². The topological polar surface area (TPSA) is 43.9 Å². The summed E-state index contributed by atoms with van der Waals surface area (Å²) in [4.78, 5) is 5.12. The first-order chi connectivity index (χ1) is 11.4. The van der Waals surface area contributed by atoms with E-state index >= 15 is 0 Å². The number of piperidine rings is 1. The minimum absolute atomic E-state index is 0.234. The zero-order valence-corrected chi connectivity index (χ0v) is 17.3. The van der Waals surface area contributed by atoms with Crippen molar-refractivity contribution in [3.8, 4) is 0 Å². The van der Waals surface area contributed by atoms with Crippen LogP contribution in [-0.4, -0.2) is 80.1 Å². The fraction of sp³-hybridized carbons (Fsp3) is 1.00. The van der Waals surface area contributed by atoms with Gasteiger partial charge < -0.3 is 4.90 Å². The first-order valence-electron chi connectivity index (χ1n) is 9.86. The van der Waals surface area contributed by atoms with Crippen molar-refractivity contribution in [2.45, 2.75) is 59.9 Å². The van der Waals surface area contributed by atoms with Gasteiger partial charge in [0.05, 0.1) is 5.75 Å². The van der Waals surface area contributed by atoms with Gasteiger partial charge in [-0.05, 0) is 52.5 Å². The van der Waals surface area contributed by atoms with Gasteiger partial charge in [-0.3, -0.25) is 4.90 Å². The average Bonchev–Trinajstić information content (AvgIpc) is 2.62. The minimum atomic E-state index is -2.98. The molecule has 2 aliphatic heterocycles. The maximum absolute atomic E-state index is 11.9. The van der Waals surface area contributed by atoms with Crippen LogP contribution in [0.25, 0.3) is 0 Å². The Labute approximate surface area is 150 Å². The van der Waals surface area contributed by atoms with Crippen molar-refractivity contribution >= 4 is 10.0 Å². The van der Waals surface area contributed by atoms with E-state index in [1.165, 1.54) is 39.1 Å². The van der Waals surface area contributed by atoms with Crippen molar-refractivity contribution in [1.82, 2.24) is 14.1 Å². The van der Waals surface area contributed by atoms with Gasteiger partial charge in [0.2, 0.25) is 10.0 Å². The molecule has 0 atom stereocenters. The van der Waals surface area contributed by atoms with Crippen LogP contribution < -0.4 is 0 Å². The molecule has 144 valence electrons. The molecule has 0 spiro atoms. The van der Waals surface area contributed by atoms with E-state index in [-0.39, 0.29) is 5.75 Å². The van der Waals surface area contributed by atoms with E-state index < -0.39 is 10.0 Å². The second-order valence-electron chi connectivity index (χ2n) is 7.00. The molecule has 0 unspecified atom stereocenters. The zero-order valence-electron chi connectivity index (χ0n) is 16.5. The van der Waals surface area contributed by atoms with E-state index in [9.17, 15) is 8.42 Å². The van der Waals surface area contributed by atoms with Crippen molar-refractivity contribution in [2.75, 3.05) is 51.6 Å². The Kier molecular flexibility index (Phi) is 9.79. The van der Waals surface area contributed by atoms with Crippen LogP contribution >= 0.6 is 0 Å². The Hall–Kier alpha value is -0.170. The summed E-state index contributed by atoms with van der Waals surface area (Å²) in [7, 11) is -2.98. The minimum Gasteiger partial charge on any atom is -0.301 e. The fourth-order valence-corrected chi connectivity index (χ4v) is 4.66. The number of piperazine rings is 1. The van der Waals surface area contributed by atoms with E-state index in [0.29, 0.717) is 12.0 Å². The van der Waals surface area contributed by atoms with Crippen molar-refractivity contribution in [3.63, 3.8) is 0 Å². The lowest BCUT2D eigenvalue weighted by Crippen LogP contribution is -2.49. The molecule has 0 radical (unpaired) electrons. The highest BCUT2D eigenvalue weighted by Crippen LogP contribution is 2.23. The second kappa shape index (κ2) is 10.7. The van der Waals surface area contributed by atoms with Crippen LogP contribution in [0.4, 0.5) is 0 Å². The summed E-state index contributed by atoms with van der Waals surface area (Å²) < 4.78 is 25.4. The second-order valence-corrected chi connectivity index (χ2v) is 9.26. The molecule has 0 saturated carbocycles. The predicted octanol–water partition coefficient (Wildman–Crippen LogP) is 2.49. The molecule has 0 amide bonds. The van der Waals surface area contributed by atoms with Gasteiger partial charge in [0, 0.05) is 45.3 Å². The normalized spacial score (nSPS) is 22.4. The first kappa shape index (κ1) is 21.9. The monoisotopic (exact) mass is 361 g/mol. The van der Waals surface area contributed by atoms with Crippen molar-refractivity contribution in [1.29, 1.82) is 0 Å². The molecule has 0 aromatic heterocycles. The Balaban J connectivity index is 0.00000139. The lowest BCUT2D eigenvalue weighted by molar-refractivity contribution is 0.101. The summed E-state index contributed by atoms with van der Waals surface area (Å²) >= 11 is 0. The summed E-state index contributed by atoms with van der Waals surface area (Å²) in [5, 5.41) is 0. The van der Waals surface area contributed by atoms with Gasteiger partial charge in [0.1, 0.15) is 0 Å². The lowest BCUT2D eigenvalue weighted by Gasteiger charge is -2.38. The summed E-state index contributed by atoms with van der Waals surface area (Å²) in [6.45, 7) is 17.6. The Morgan fingerprint density at radius 2 is 1.50 bits per heavy atom. The molecular formula is C18H39N3O2S. The van der Waals surface area contributed by atoms with Crippen LogP contribution in [0.3, 0.4) is 0 Å². The molecule has 0 aromatic carbocycles. The molecule has 2 aliphatic rings. The molecule has 2 rings (SSSR count).